The molecule has 2 rings (SSSR count). The van der Waals surface area contributed by atoms with Crippen molar-refractivity contribution in [3.05, 3.63) is 24.3 Å². The molecule has 1 saturated carbocycles. The zero-order valence-electron chi connectivity index (χ0n) is 10.3. The number of ether oxygens (including phenoxy) is 2. The summed E-state index contributed by atoms with van der Waals surface area (Å²) in [6.45, 7) is 0.352. The van der Waals surface area contributed by atoms with E-state index in [4.69, 9.17) is 9.47 Å². The van der Waals surface area contributed by atoms with Gasteiger partial charge in [0.2, 0.25) is 0 Å². The average Bonchev–Trinajstić information content (AvgIpc) is 2.90. The Morgan fingerprint density at radius 1 is 1.24 bits per heavy atom. The van der Waals surface area contributed by atoms with E-state index in [1.165, 1.54) is 12.8 Å². The molecule has 1 atom stereocenters. The number of benzene rings is 1. The maximum atomic E-state index is 10.0. The molecule has 0 spiro atoms. The van der Waals surface area contributed by atoms with Crippen LogP contribution in [0, 0.1) is 5.92 Å². The Labute approximate surface area is 102 Å². The summed E-state index contributed by atoms with van der Waals surface area (Å²) >= 11 is 0. The number of aliphatic hydroxyl groups excluding tert-OH is 1. The predicted molar refractivity (Wildman–Crippen MR) is 66.5 cm³/mol. The Bertz CT molecular complexity index is 345. The van der Waals surface area contributed by atoms with Gasteiger partial charge in [0.05, 0.1) is 13.2 Å². The van der Waals surface area contributed by atoms with Crippen LogP contribution in [-0.4, -0.2) is 24.9 Å². The summed E-state index contributed by atoms with van der Waals surface area (Å²) in [7, 11) is 1.62. The van der Waals surface area contributed by atoms with Crippen LogP contribution in [0.3, 0.4) is 0 Å². The second-order valence-electron chi connectivity index (χ2n) is 4.57. The van der Waals surface area contributed by atoms with Crippen molar-refractivity contribution in [1.82, 2.24) is 0 Å². The monoisotopic (exact) mass is 236 g/mol. The first-order valence-electron chi connectivity index (χ1n) is 6.25. The van der Waals surface area contributed by atoms with Crippen molar-refractivity contribution in [1.29, 1.82) is 0 Å². The van der Waals surface area contributed by atoms with Gasteiger partial charge in [-0.05, 0) is 30.9 Å². The maximum absolute atomic E-state index is 10.0. The number of rotatable bonds is 5. The van der Waals surface area contributed by atoms with E-state index >= 15 is 0 Å². The van der Waals surface area contributed by atoms with E-state index in [0.717, 1.165) is 12.8 Å². The topological polar surface area (TPSA) is 38.7 Å². The highest BCUT2D eigenvalue weighted by Gasteiger charge is 2.23. The van der Waals surface area contributed by atoms with E-state index in [9.17, 15) is 5.11 Å². The van der Waals surface area contributed by atoms with E-state index in [0.29, 0.717) is 24.0 Å². The minimum Gasteiger partial charge on any atom is -0.493 e. The normalized spacial score (nSPS) is 18.0. The highest BCUT2D eigenvalue weighted by molar-refractivity contribution is 5.39. The van der Waals surface area contributed by atoms with Crippen molar-refractivity contribution in [2.75, 3.05) is 13.7 Å². The fourth-order valence-corrected chi connectivity index (χ4v) is 2.39. The van der Waals surface area contributed by atoms with Gasteiger partial charge >= 0.3 is 0 Å². The lowest BCUT2D eigenvalue weighted by molar-refractivity contribution is 0.0583. The molecule has 0 aliphatic heterocycles. The number of hydrogen-bond acceptors (Lipinski definition) is 3. The van der Waals surface area contributed by atoms with Crippen molar-refractivity contribution >= 4 is 0 Å². The Morgan fingerprint density at radius 3 is 2.53 bits per heavy atom. The van der Waals surface area contributed by atoms with Gasteiger partial charge in [-0.2, -0.15) is 0 Å². The first kappa shape index (κ1) is 12.2. The zero-order chi connectivity index (χ0) is 12.1. The first-order valence-corrected chi connectivity index (χ1v) is 6.25. The van der Waals surface area contributed by atoms with Crippen LogP contribution in [0.25, 0.3) is 0 Å². The number of aliphatic hydroxyl groups is 1. The van der Waals surface area contributed by atoms with Gasteiger partial charge in [0.25, 0.3) is 0 Å². The van der Waals surface area contributed by atoms with Crippen molar-refractivity contribution < 1.29 is 14.6 Å². The van der Waals surface area contributed by atoms with E-state index in [1.54, 1.807) is 7.11 Å². The Kier molecular flexibility index (Phi) is 4.26. The molecular weight excluding hydrogens is 216 g/mol. The molecule has 0 bridgehead atoms. The van der Waals surface area contributed by atoms with Gasteiger partial charge in [0.15, 0.2) is 11.5 Å². The molecule has 17 heavy (non-hydrogen) atoms. The second-order valence-corrected chi connectivity index (χ2v) is 4.57. The molecule has 1 fully saturated rings. The zero-order valence-corrected chi connectivity index (χ0v) is 10.3. The van der Waals surface area contributed by atoms with Crippen LogP contribution in [0.2, 0.25) is 0 Å². The largest absolute Gasteiger partial charge is 0.493 e. The standard InChI is InChI=1S/C14H20O3/c1-16-13-8-4-5-9-14(13)17-10-12(15)11-6-2-3-7-11/h4-5,8-9,11-12,15H,2-3,6-7,10H2,1H3. The summed E-state index contributed by atoms with van der Waals surface area (Å²) < 4.78 is 10.8. The minimum absolute atomic E-state index is 0.352. The van der Waals surface area contributed by atoms with Gasteiger partial charge in [0, 0.05) is 0 Å². The predicted octanol–water partition coefficient (Wildman–Crippen LogP) is 2.63. The first-order chi connectivity index (χ1) is 8.31. The molecule has 3 nitrogen and oxygen atoms in total. The van der Waals surface area contributed by atoms with Crippen LogP contribution in [0.4, 0.5) is 0 Å². The third-order valence-corrected chi connectivity index (χ3v) is 3.42. The Balaban J connectivity index is 1.88. The lowest BCUT2D eigenvalue weighted by atomic mass is 10.0. The van der Waals surface area contributed by atoms with Crippen LogP contribution in [-0.2, 0) is 0 Å². The molecule has 94 valence electrons. The van der Waals surface area contributed by atoms with Crippen molar-refractivity contribution in [3.63, 3.8) is 0 Å². The molecule has 1 N–H and O–H groups in total. The third-order valence-electron chi connectivity index (χ3n) is 3.42. The molecule has 1 unspecified atom stereocenters. The summed E-state index contributed by atoms with van der Waals surface area (Å²) in [5, 5.41) is 10.0. The number of methoxy groups -OCH3 is 1. The third kappa shape index (κ3) is 3.13. The van der Waals surface area contributed by atoms with E-state index in [-0.39, 0.29) is 6.10 Å². The molecule has 1 aliphatic rings. The van der Waals surface area contributed by atoms with Gasteiger partial charge in [-0.25, -0.2) is 0 Å². The van der Waals surface area contributed by atoms with E-state index < -0.39 is 0 Å². The lowest BCUT2D eigenvalue weighted by Gasteiger charge is -2.18. The van der Waals surface area contributed by atoms with Crippen LogP contribution in [0.15, 0.2) is 24.3 Å². The van der Waals surface area contributed by atoms with Crippen LogP contribution in [0.1, 0.15) is 25.7 Å². The van der Waals surface area contributed by atoms with Gasteiger partial charge < -0.3 is 14.6 Å². The SMILES string of the molecule is COc1ccccc1OCC(O)C1CCCC1. The Morgan fingerprint density at radius 2 is 1.88 bits per heavy atom. The van der Waals surface area contributed by atoms with Crippen molar-refractivity contribution in [2.45, 2.75) is 31.8 Å². The molecule has 3 heteroatoms. The average molecular weight is 236 g/mol. The van der Waals surface area contributed by atoms with E-state index in [1.807, 2.05) is 24.3 Å². The minimum atomic E-state index is -0.359. The molecular formula is C14H20O3. The quantitative estimate of drug-likeness (QED) is 0.854. The summed E-state index contributed by atoms with van der Waals surface area (Å²) in [5.74, 6) is 1.82. The van der Waals surface area contributed by atoms with Crippen LogP contribution in [0.5, 0.6) is 11.5 Å². The van der Waals surface area contributed by atoms with Crippen LogP contribution < -0.4 is 9.47 Å². The highest BCUT2D eigenvalue weighted by Crippen LogP contribution is 2.30. The molecule has 1 aliphatic carbocycles. The smallest absolute Gasteiger partial charge is 0.161 e. The second kappa shape index (κ2) is 5.92. The molecule has 0 heterocycles. The van der Waals surface area contributed by atoms with E-state index in [2.05, 4.69) is 0 Å². The summed E-state index contributed by atoms with van der Waals surface area (Å²) in [6.07, 6.45) is 4.35. The summed E-state index contributed by atoms with van der Waals surface area (Å²) in [5.41, 5.74) is 0. The highest BCUT2D eigenvalue weighted by atomic mass is 16.5. The number of hydrogen-bond donors (Lipinski definition) is 1. The Hall–Kier alpha value is -1.22. The molecule has 1 aromatic rings. The molecule has 1 aromatic carbocycles. The molecule has 0 radical (unpaired) electrons. The number of para-hydroxylation sites is 2. The fourth-order valence-electron chi connectivity index (χ4n) is 2.39. The lowest BCUT2D eigenvalue weighted by Crippen LogP contribution is -2.25. The molecule has 0 amide bonds. The van der Waals surface area contributed by atoms with Gasteiger partial charge in [0.1, 0.15) is 6.61 Å². The molecule has 0 aromatic heterocycles. The molecule has 0 saturated heterocycles. The van der Waals surface area contributed by atoms with Gasteiger partial charge in [-0.3, -0.25) is 0 Å². The summed E-state index contributed by atoms with van der Waals surface area (Å²) in [6, 6.07) is 7.52. The van der Waals surface area contributed by atoms with Gasteiger partial charge in [-0.15, -0.1) is 0 Å². The van der Waals surface area contributed by atoms with Gasteiger partial charge in [-0.1, -0.05) is 25.0 Å². The summed E-state index contributed by atoms with van der Waals surface area (Å²) in [4.78, 5) is 0. The van der Waals surface area contributed by atoms with Crippen LogP contribution >= 0.6 is 0 Å². The van der Waals surface area contributed by atoms with Crippen molar-refractivity contribution in [2.24, 2.45) is 5.92 Å². The maximum Gasteiger partial charge on any atom is 0.161 e. The van der Waals surface area contributed by atoms with Crippen molar-refractivity contribution in [3.8, 4) is 11.5 Å². The fraction of sp³-hybridized carbons (Fsp3) is 0.571.